The third-order valence-corrected chi connectivity index (χ3v) is 5.28. The second kappa shape index (κ2) is 9.76. The highest BCUT2D eigenvalue weighted by atomic mass is 16.5. The van der Waals surface area contributed by atoms with E-state index in [4.69, 9.17) is 4.74 Å². The summed E-state index contributed by atoms with van der Waals surface area (Å²) in [5, 5.41) is 8.08. The number of nitrogens with zero attached hydrogens (tertiary/aromatic N) is 5. The Hall–Kier alpha value is -3.49. The molecule has 1 N–H and O–H groups in total. The highest BCUT2D eigenvalue weighted by molar-refractivity contribution is 6.04. The van der Waals surface area contributed by atoms with Gasteiger partial charge in [0.1, 0.15) is 24.4 Å². The summed E-state index contributed by atoms with van der Waals surface area (Å²) >= 11 is 0. The molecule has 0 unspecified atom stereocenters. The number of fused-ring (bicyclic) bond motifs is 1. The molecule has 9 heteroatoms. The van der Waals surface area contributed by atoms with E-state index in [1.54, 1.807) is 31.3 Å². The van der Waals surface area contributed by atoms with Gasteiger partial charge in [0.2, 0.25) is 0 Å². The van der Waals surface area contributed by atoms with Crippen LogP contribution >= 0.6 is 0 Å². The maximum atomic E-state index is 12.8. The van der Waals surface area contributed by atoms with Crippen molar-refractivity contribution in [3.63, 3.8) is 0 Å². The number of esters is 1. The van der Waals surface area contributed by atoms with E-state index in [0.717, 1.165) is 42.1 Å². The number of aromatic nitrogens is 4. The van der Waals surface area contributed by atoms with Gasteiger partial charge >= 0.3 is 5.97 Å². The Balaban J connectivity index is 1.46. The third kappa shape index (κ3) is 5.40. The summed E-state index contributed by atoms with van der Waals surface area (Å²) in [4.78, 5) is 35.3. The molecule has 0 spiro atoms. The number of anilines is 2. The molecule has 9 nitrogen and oxygen atoms in total. The molecule has 0 saturated heterocycles. The standard InChI is InChI=1S/C23H28N6O3/c1-3-9-28(12-16-5-6-16)21-11-20(24-15-25-21)23(31)26-18-7-8-19-17(10-18)13-29(27-19)14-22(30)32-4-2/h7-8,10-11,13,15-16H,3-6,9,12,14H2,1-2H3,(H,26,31). The zero-order valence-electron chi connectivity index (χ0n) is 18.5. The number of benzene rings is 1. The molecule has 32 heavy (non-hydrogen) atoms. The molecular formula is C23H28N6O3. The normalized spacial score (nSPS) is 13.2. The predicted molar refractivity (Wildman–Crippen MR) is 122 cm³/mol. The van der Waals surface area contributed by atoms with Gasteiger partial charge < -0.3 is 15.0 Å². The molecule has 168 valence electrons. The average Bonchev–Trinajstić information content (AvgIpc) is 3.51. The molecule has 1 aromatic carbocycles. The number of carbonyl (C=O) groups excluding carboxylic acids is 2. The largest absolute Gasteiger partial charge is 0.465 e. The third-order valence-electron chi connectivity index (χ3n) is 5.28. The summed E-state index contributed by atoms with van der Waals surface area (Å²) in [6, 6.07) is 7.15. The molecule has 1 aliphatic carbocycles. The topological polar surface area (TPSA) is 102 Å². The van der Waals surface area contributed by atoms with E-state index in [9.17, 15) is 9.59 Å². The van der Waals surface area contributed by atoms with Crippen LogP contribution in [0.1, 0.15) is 43.6 Å². The molecule has 2 aromatic heterocycles. The second-order valence-corrected chi connectivity index (χ2v) is 8.01. The van der Waals surface area contributed by atoms with Crippen molar-refractivity contribution in [2.24, 2.45) is 5.92 Å². The van der Waals surface area contributed by atoms with Gasteiger partial charge in [-0.05, 0) is 50.3 Å². The van der Waals surface area contributed by atoms with Gasteiger partial charge in [-0.3, -0.25) is 14.3 Å². The SMILES string of the molecule is CCCN(CC1CC1)c1cc(C(=O)Nc2ccc3nn(CC(=O)OCC)cc3c2)ncn1. The summed E-state index contributed by atoms with van der Waals surface area (Å²) in [6.07, 6.45) is 6.74. The molecule has 1 amide bonds. The van der Waals surface area contributed by atoms with Gasteiger partial charge in [0.05, 0.1) is 12.1 Å². The van der Waals surface area contributed by atoms with Crippen LogP contribution in [0, 0.1) is 5.92 Å². The smallest absolute Gasteiger partial charge is 0.327 e. The molecule has 2 heterocycles. The summed E-state index contributed by atoms with van der Waals surface area (Å²) in [5.41, 5.74) is 1.68. The lowest BCUT2D eigenvalue weighted by molar-refractivity contribution is -0.144. The number of carbonyl (C=O) groups is 2. The summed E-state index contributed by atoms with van der Waals surface area (Å²) in [7, 11) is 0. The predicted octanol–water partition coefficient (Wildman–Crippen LogP) is 3.27. The van der Waals surface area contributed by atoms with Crippen LogP contribution in [0.15, 0.2) is 36.8 Å². The minimum atomic E-state index is -0.341. The van der Waals surface area contributed by atoms with Crippen molar-refractivity contribution in [1.82, 2.24) is 19.7 Å². The maximum Gasteiger partial charge on any atom is 0.327 e. The van der Waals surface area contributed by atoms with Crippen LogP contribution in [0.4, 0.5) is 11.5 Å². The Morgan fingerprint density at radius 3 is 2.81 bits per heavy atom. The lowest BCUT2D eigenvalue weighted by Gasteiger charge is -2.23. The van der Waals surface area contributed by atoms with Crippen LogP contribution < -0.4 is 10.2 Å². The van der Waals surface area contributed by atoms with Gasteiger partial charge in [0, 0.05) is 36.4 Å². The molecule has 0 radical (unpaired) electrons. The van der Waals surface area contributed by atoms with Gasteiger partial charge in [-0.2, -0.15) is 5.10 Å². The molecule has 0 atom stereocenters. The molecule has 1 aliphatic rings. The van der Waals surface area contributed by atoms with E-state index in [1.807, 2.05) is 6.07 Å². The van der Waals surface area contributed by atoms with Gasteiger partial charge in [0.25, 0.3) is 5.91 Å². The zero-order valence-corrected chi connectivity index (χ0v) is 18.5. The van der Waals surface area contributed by atoms with Crippen LogP contribution in [-0.4, -0.2) is 51.3 Å². The number of amides is 1. The first-order valence-electron chi connectivity index (χ1n) is 11.1. The van der Waals surface area contributed by atoms with Gasteiger partial charge in [-0.15, -0.1) is 0 Å². The molecule has 1 fully saturated rings. The monoisotopic (exact) mass is 436 g/mol. The quantitative estimate of drug-likeness (QED) is 0.487. The Kier molecular flexibility index (Phi) is 6.63. The fourth-order valence-electron chi connectivity index (χ4n) is 3.60. The lowest BCUT2D eigenvalue weighted by Crippen LogP contribution is -2.28. The second-order valence-electron chi connectivity index (χ2n) is 8.01. The number of ether oxygens (including phenoxy) is 1. The van der Waals surface area contributed by atoms with Crippen molar-refractivity contribution in [2.45, 2.75) is 39.7 Å². The molecule has 4 rings (SSSR count). The van der Waals surface area contributed by atoms with Crippen molar-refractivity contribution in [3.8, 4) is 0 Å². The molecule has 3 aromatic rings. The Morgan fingerprint density at radius 1 is 1.22 bits per heavy atom. The van der Waals surface area contributed by atoms with E-state index in [1.165, 1.54) is 23.9 Å². The highest BCUT2D eigenvalue weighted by Crippen LogP contribution is 2.31. The Morgan fingerprint density at radius 2 is 2.06 bits per heavy atom. The average molecular weight is 437 g/mol. The zero-order chi connectivity index (χ0) is 22.5. The van der Waals surface area contributed by atoms with Gasteiger partial charge in [-0.25, -0.2) is 9.97 Å². The van der Waals surface area contributed by atoms with Crippen LogP contribution in [0.25, 0.3) is 10.9 Å². The van der Waals surface area contributed by atoms with E-state index >= 15 is 0 Å². The minimum absolute atomic E-state index is 0.0447. The first-order valence-corrected chi connectivity index (χ1v) is 11.1. The van der Waals surface area contributed by atoms with Crippen LogP contribution in [-0.2, 0) is 16.1 Å². The van der Waals surface area contributed by atoms with Crippen molar-refractivity contribution < 1.29 is 14.3 Å². The first kappa shape index (κ1) is 21.7. The number of hydrogen-bond acceptors (Lipinski definition) is 7. The van der Waals surface area contributed by atoms with Crippen molar-refractivity contribution >= 4 is 34.3 Å². The van der Waals surface area contributed by atoms with E-state index in [2.05, 4.69) is 32.2 Å². The van der Waals surface area contributed by atoms with Crippen molar-refractivity contribution in [1.29, 1.82) is 0 Å². The van der Waals surface area contributed by atoms with E-state index in [-0.39, 0.29) is 18.4 Å². The lowest BCUT2D eigenvalue weighted by atomic mass is 10.2. The van der Waals surface area contributed by atoms with E-state index in [0.29, 0.717) is 18.0 Å². The Labute approximate surface area is 186 Å². The van der Waals surface area contributed by atoms with Crippen LogP contribution in [0.2, 0.25) is 0 Å². The molecule has 0 bridgehead atoms. The van der Waals surface area contributed by atoms with E-state index < -0.39 is 0 Å². The minimum Gasteiger partial charge on any atom is -0.465 e. The highest BCUT2D eigenvalue weighted by Gasteiger charge is 2.25. The number of hydrogen-bond donors (Lipinski definition) is 1. The molecule has 1 saturated carbocycles. The number of nitrogens with one attached hydrogen (secondary N) is 1. The maximum absolute atomic E-state index is 12.8. The number of rotatable bonds is 10. The fourth-order valence-corrected chi connectivity index (χ4v) is 3.60. The fraction of sp³-hybridized carbons (Fsp3) is 0.435. The van der Waals surface area contributed by atoms with Crippen molar-refractivity contribution in [3.05, 3.63) is 42.5 Å². The van der Waals surface area contributed by atoms with Gasteiger partial charge in [0.15, 0.2) is 0 Å². The first-order chi connectivity index (χ1) is 15.6. The molecular weight excluding hydrogens is 408 g/mol. The summed E-state index contributed by atoms with van der Waals surface area (Å²) < 4.78 is 6.50. The summed E-state index contributed by atoms with van der Waals surface area (Å²) in [5.74, 6) is 0.877. The summed E-state index contributed by atoms with van der Waals surface area (Å²) in [6.45, 7) is 6.15. The van der Waals surface area contributed by atoms with Gasteiger partial charge in [-0.1, -0.05) is 6.92 Å². The van der Waals surface area contributed by atoms with Crippen LogP contribution in [0.3, 0.4) is 0 Å². The van der Waals surface area contributed by atoms with Crippen LogP contribution in [0.5, 0.6) is 0 Å². The Bertz CT molecular complexity index is 1110. The molecule has 0 aliphatic heterocycles. The van der Waals surface area contributed by atoms with Crippen molar-refractivity contribution in [2.75, 3.05) is 29.9 Å².